The fraction of sp³-hybridized carbons (Fsp3) is 0.920. The zero-order chi connectivity index (χ0) is 18.4. The highest BCUT2D eigenvalue weighted by Gasteiger charge is 2.38. The van der Waals surface area contributed by atoms with Crippen molar-refractivity contribution in [2.24, 2.45) is 35.5 Å². The molecular weight excluding hydrogens is 319 g/mol. The summed E-state index contributed by atoms with van der Waals surface area (Å²) in [6.07, 6.45) is 21.1. The van der Waals surface area contributed by atoms with Crippen LogP contribution < -0.4 is 0 Å². The second kappa shape index (κ2) is 10.3. The van der Waals surface area contributed by atoms with Gasteiger partial charge in [-0.1, -0.05) is 38.7 Å². The SMILES string of the molecule is C=CCCC1CCC(C2CCC(C3CCC(CCC)CC3)CC2)C(F)C1. The lowest BCUT2D eigenvalue weighted by atomic mass is 9.64. The molecule has 0 radical (unpaired) electrons. The van der Waals surface area contributed by atoms with Crippen molar-refractivity contribution in [2.45, 2.75) is 109 Å². The third kappa shape index (κ3) is 5.35. The lowest BCUT2D eigenvalue weighted by Gasteiger charge is -2.42. The van der Waals surface area contributed by atoms with Crippen LogP contribution in [0.3, 0.4) is 0 Å². The number of rotatable bonds is 7. The molecule has 1 heteroatoms. The van der Waals surface area contributed by atoms with E-state index in [-0.39, 0.29) is 0 Å². The first-order valence-electron chi connectivity index (χ1n) is 12.0. The summed E-state index contributed by atoms with van der Waals surface area (Å²) in [5.41, 5.74) is 0. The van der Waals surface area contributed by atoms with Gasteiger partial charge in [-0.25, -0.2) is 4.39 Å². The number of alkyl halides is 1. The average Bonchev–Trinajstić information content (AvgIpc) is 2.68. The lowest BCUT2D eigenvalue weighted by molar-refractivity contribution is 0.0457. The third-order valence-electron chi connectivity index (χ3n) is 8.39. The van der Waals surface area contributed by atoms with Crippen molar-refractivity contribution in [1.29, 1.82) is 0 Å². The Morgan fingerprint density at radius 2 is 1.35 bits per heavy atom. The molecule has 0 nitrogen and oxygen atoms in total. The van der Waals surface area contributed by atoms with Gasteiger partial charge in [0.1, 0.15) is 6.17 Å². The van der Waals surface area contributed by atoms with Crippen molar-refractivity contribution < 1.29 is 4.39 Å². The predicted molar refractivity (Wildman–Crippen MR) is 111 cm³/mol. The van der Waals surface area contributed by atoms with Crippen LogP contribution >= 0.6 is 0 Å². The van der Waals surface area contributed by atoms with Crippen molar-refractivity contribution in [1.82, 2.24) is 0 Å². The Bertz CT molecular complexity index is 400. The third-order valence-corrected chi connectivity index (χ3v) is 8.39. The maximum absolute atomic E-state index is 14.9. The Kier molecular flexibility index (Phi) is 8.07. The van der Waals surface area contributed by atoms with Crippen LogP contribution in [0.2, 0.25) is 0 Å². The van der Waals surface area contributed by atoms with Crippen LogP contribution in [0.4, 0.5) is 4.39 Å². The van der Waals surface area contributed by atoms with E-state index in [9.17, 15) is 4.39 Å². The molecule has 0 aliphatic heterocycles. The van der Waals surface area contributed by atoms with E-state index in [4.69, 9.17) is 0 Å². The minimum atomic E-state index is -0.524. The molecule has 0 heterocycles. The number of hydrogen-bond donors (Lipinski definition) is 0. The van der Waals surface area contributed by atoms with E-state index in [0.29, 0.717) is 17.8 Å². The Labute approximate surface area is 162 Å². The normalized spacial score (nSPS) is 41.7. The maximum atomic E-state index is 14.9. The zero-order valence-corrected chi connectivity index (χ0v) is 17.3. The van der Waals surface area contributed by atoms with E-state index < -0.39 is 6.17 Å². The molecule has 3 unspecified atom stereocenters. The maximum Gasteiger partial charge on any atom is 0.103 e. The lowest BCUT2D eigenvalue weighted by Crippen LogP contribution is -2.35. The van der Waals surface area contributed by atoms with E-state index in [0.717, 1.165) is 43.4 Å². The summed E-state index contributed by atoms with van der Waals surface area (Å²) in [4.78, 5) is 0. The quantitative estimate of drug-likeness (QED) is 0.401. The molecule has 26 heavy (non-hydrogen) atoms. The molecule has 0 spiro atoms. The van der Waals surface area contributed by atoms with Gasteiger partial charge in [-0.3, -0.25) is 0 Å². The minimum Gasteiger partial charge on any atom is -0.247 e. The number of hydrogen-bond acceptors (Lipinski definition) is 0. The topological polar surface area (TPSA) is 0 Å². The molecule has 0 amide bonds. The van der Waals surface area contributed by atoms with Crippen LogP contribution in [0.5, 0.6) is 0 Å². The molecule has 0 N–H and O–H groups in total. The molecule has 150 valence electrons. The first kappa shape index (κ1) is 20.4. The summed E-state index contributed by atoms with van der Waals surface area (Å²) in [7, 11) is 0. The molecule has 0 bridgehead atoms. The van der Waals surface area contributed by atoms with Crippen molar-refractivity contribution in [3.63, 3.8) is 0 Å². The summed E-state index contributed by atoms with van der Waals surface area (Å²) in [6.45, 7) is 6.15. The highest BCUT2D eigenvalue weighted by Crippen LogP contribution is 2.47. The second-order valence-electron chi connectivity index (χ2n) is 9.97. The zero-order valence-electron chi connectivity index (χ0n) is 17.3. The monoisotopic (exact) mass is 362 g/mol. The Balaban J connectivity index is 1.39. The van der Waals surface area contributed by atoms with Gasteiger partial charge in [0.25, 0.3) is 0 Å². The molecule has 0 aromatic heterocycles. The van der Waals surface area contributed by atoms with Crippen molar-refractivity contribution in [3.05, 3.63) is 12.7 Å². The fourth-order valence-corrected chi connectivity index (χ4v) is 6.77. The molecule has 0 aromatic rings. The molecule has 0 aromatic carbocycles. The van der Waals surface area contributed by atoms with E-state index in [2.05, 4.69) is 13.5 Å². The van der Waals surface area contributed by atoms with Gasteiger partial charge in [-0.2, -0.15) is 0 Å². The predicted octanol–water partition coefficient (Wildman–Crippen LogP) is 8.12. The second-order valence-corrected chi connectivity index (χ2v) is 9.97. The number of allylic oxidation sites excluding steroid dienone is 1. The Morgan fingerprint density at radius 3 is 1.92 bits per heavy atom. The molecular formula is C25H43F. The van der Waals surface area contributed by atoms with E-state index in [1.54, 1.807) is 0 Å². The Morgan fingerprint density at radius 1 is 0.769 bits per heavy atom. The van der Waals surface area contributed by atoms with Gasteiger partial charge in [0.15, 0.2) is 0 Å². The largest absolute Gasteiger partial charge is 0.247 e. The van der Waals surface area contributed by atoms with E-state index in [1.165, 1.54) is 70.6 Å². The molecule has 3 saturated carbocycles. The van der Waals surface area contributed by atoms with E-state index >= 15 is 0 Å². The van der Waals surface area contributed by atoms with Crippen LogP contribution in [0.25, 0.3) is 0 Å². The molecule has 3 aliphatic carbocycles. The van der Waals surface area contributed by atoms with Gasteiger partial charge in [0, 0.05) is 0 Å². The molecule has 3 fully saturated rings. The smallest absolute Gasteiger partial charge is 0.103 e. The summed E-state index contributed by atoms with van der Waals surface area (Å²) < 4.78 is 14.9. The van der Waals surface area contributed by atoms with Crippen molar-refractivity contribution in [3.8, 4) is 0 Å². The van der Waals surface area contributed by atoms with Crippen LogP contribution in [0, 0.1) is 35.5 Å². The first-order chi connectivity index (χ1) is 12.7. The number of halogens is 1. The summed E-state index contributed by atoms with van der Waals surface area (Å²) in [6, 6.07) is 0. The van der Waals surface area contributed by atoms with Crippen molar-refractivity contribution >= 4 is 0 Å². The van der Waals surface area contributed by atoms with Gasteiger partial charge < -0.3 is 0 Å². The molecule has 3 atom stereocenters. The fourth-order valence-electron chi connectivity index (χ4n) is 6.77. The minimum absolute atomic E-state index is 0.385. The van der Waals surface area contributed by atoms with Crippen LogP contribution in [-0.2, 0) is 0 Å². The van der Waals surface area contributed by atoms with Gasteiger partial charge >= 0.3 is 0 Å². The highest BCUT2D eigenvalue weighted by atomic mass is 19.1. The summed E-state index contributed by atoms with van der Waals surface area (Å²) in [5, 5.41) is 0. The van der Waals surface area contributed by atoms with E-state index in [1.807, 2.05) is 6.08 Å². The van der Waals surface area contributed by atoms with Gasteiger partial charge in [-0.05, 0) is 106 Å². The van der Waals surface area contributed by atoms with Crippen LogP contribution in [0.15, 0.2) is 12.7 Å². The van der Waals surface area contributed by atoms with Crippen LogP contribution in [-0.4, -0.2) is 6.17 Å². The van der Waals surface area contributed by atoms with Gasteiger partial charge in [0.05, 0.1) is 0 Å². The van der Waals surface area contributed by atoms with Crippen molar-refractivity contribution in [2.75, 3.05) is 0 Å². The van der Waals surface area contributed by atoms with Crippen LogP contribution in [0.1, 0.15) is 103 Å². The average molecular weight is 363 g/mol. The van der Waals surface area contributed by atoms with Gasteiger partial charge in [0.2, 0.25) is 0 Å². The highest BCUT2D eigenvalue weighted by molar-refractivity contribution is 4.89. The molecule has 0 saturated heterocycles. The first-order valence-corrected chi connectivity index (χ1v) is 12.0. The molecule has 3 aliphatic rings. The summed E-state index contributed by atoms with van der Waals surface area (Å²) >= 11 is 0. The standard InChI is InChI=1S/C25H43F/c1-3-5-7-20-10-17-24(25(26)18-20)23-15-13-22(14-16-23)21-11-8-19(6-4-2)9-12-21/h3,19-25H,1,4-18H2,2H3. The molecule has 3 rings (SSSR count). The Hall–Kier alpha value is -0.330. The van der Waals surface area contributed by atoms with Gasteiger partial charge in [-0.15, -0.1) is 6.58 Å². The summed E-state index contributed by atoms with van der Waals surface area (Å²) in [5.74, 6) is 4.69.